The van der Waals surface area contributed by atoms with E-state index in [1.165, 1.54) is 10.9 Å². The highest BCUT2D eigenvalue weighted by molar-refractivity contribution is 9.10. The van der Waals surface area contributed by atoms with E-state index in [0.717, 1.165) is 41.6 Å². The van der Waals surface area contributed by atoms with E-state index >= 15 is 0 Å². The fourth-order valence-corrected chi connectivity index (χ4v) is 4.22. The second-order valence-electron chi connectivity index (χ2n) is 7.70. The first kappa shape index (κ1) is 22.2. The molecule has 0 unspecified atom stereocenters. The molecule has 0 atom stereocenters. The fourth-order valence-electron chi connectivity index (χ4n) is 3.86. The van der Waals surface area contributed by atoms with E-state index in [0.29, 0.717) is 16.6 Å². The highest BCUT2D eigenvalue weighted by atomic mass is 79.9. The number of nitrogens with zero attached hydrogens (tertiary/aromatic N) is 4. The van der Waals surface area contributed by atoms with Gasteiger partial charge in [0.05, 0.1) is 17.2 Å². The van der Waals surface area contributed by atoms with Crippen LogP contribution in [0.15, 0.2) is 64.3 Å². The average Bonchev–Trinajstić information content (AvgIpc) is 3.19. The van der Waals surface area contributed by atoms with Crippen LogP contribution in [-0.4, -0.2) is 44.6 Å². The number of rotatable bonds is 8. The molecule has 0 aliphatic heterocycles. The van der Waals surface area contributed by atoms with Crippen molar-refractivity contribution in [3.8, 4) is 0 Å². The number of halogens is 1. The molecule has 32 heavy (non-hydrogen) atoms. The van der Waals surface area contributed by atoms with Crippen molar-refractivity contribution in [2.24, 2.45) is 0 Å². The number of hydrogen-bond donors (Lipinski definition) is 1. The van der Waals surface area contributed by atoms with Crippen molar-refractivity contribution in [1.82, 2.24) is 19.0 Å². The van der Waals surface area contributed by atoms with Crippen LogP contribution in [0, 0.1) is 0 Å². The summed E-state index contributed by atoms with van der Waals surface area (Å²) in [6, 6.07) is 13.3. The first-order chi connectivity index (χ1) is 15.5. The van der Waals surface area contributed by atoms with E-state index in [1.54, 1.807) is 12.1 Å². The quantitative estimate of drug-likeness (QED) is 0.399. The summed E-state index contributed by atoms with van der Waals surface area (Å²) in [7, 11) is 0. The maximum Gasteiger partial charge on any atom is 0.261 e. The average molecular weight is 496 g/mol. The lowest BCUT2D eigenvalue weighted by Crippen LogP contribution is -2.27. The summed E-state index contributed by atoms with van der Waals surface area (Å²) in [6.45, 7) is 8.25. The van der Waals surface area contributed by atoms with Gasteiger partial charge in [-0.1, -0.05) is 29.8 Å². The first-order valence-corrected chi connectivity index (χ1v) is 11.5. The number of aromatic nitrogens is 3. The number of carbonyl (C=O) groups is 1. The van der Waals surface area contributed by atoms with Crippen LogP contribution in [0.2, 0.25) is 0 Å². The van der Waals surface area contributed by atoms with E-state index in [9.17, 15) is 9.59 Å². The first-order valence-electron chi connectivity index (χ1n) is 10.7. The van der Waals surface area contributed by atoms with E-state index < -0.39 is 0 Å². The van der Waals surface area contributed by atoms with Gasteiger partial charge in [0.1, 0.15) is 6.54 Å². The molecule has 0 fully saturated rings. The van der Waals surface area contributed by atoms with Gasteiger partial charge in [-0.2, -0.15) is 0 Å². The van der Waals surface area contributed by atoms with Crippen molar-refractivity contribution >= 4 is 49.3 Å². The molecule has 0 spiro atoms. The zero-order valence-electron chi connectivity index (χ0n) is 18.2. The zero-order valence-corrected chi connectivity index (χ0v) is 19.8. The summed E-state index contributed by atoms with van der Waals surface area (Å²) < 4.78 is 4.35. The van der Waals surface area contributed by atoms with Crippen LogP contribution in [0.1, 0.15) is 13.8 Å². The van der Waals surface area contributed by atoms with Crippen molar-refractivity contribution in [2.45, 2.75) is 26.9 Å². The molecule has 7 nitrogen and oxygen atoms in total. The Bertz CT molecular complexity index is 1320. The van der Waals surface area contributed by atoms with Gasteiger partial charge < -0.3 is 14.8 Å². The standard InChI is InChI=1S/C24H26BrN5O2/c1-3-28(4-2)11-12-29-10-9-17-13-19(6-8-22(17)29)27-23(31)15-30-16-26-21-7-5-18(25)14-20(21)24(30)32/h5-10,13-14,16H,3-4,11-12,15H2,1-2H3,(H,27,31). The van der Waals surface area contributed by atoms with Gasteiger partial charge in [0, 0.05) is 40.3 Å². The summed E-state index contributed by atoms with van der Waals surface area (Å²) in [5.74, 6) is -0.274. The third kappa shape index (κ3) is 4.76. The predicted molar refractivity (Wildman–Crippen MR) is 132 cm³/mol. The molecule has 0 saturated heterocycles. The van der Waals surface area contributed by atoms with Crippen LogP contribution >= 0.6 is 15.9 Å². The van der Waals surface area contributed by atoms with E-state index in [2.05, 4.69) is 61.8 Å². The largest absolute Gasteiger partial charge is 0.346 e. The van der Waals surface area contributed by atoms with Gasteiger partial charge >= 0.3 is 0 Å². The lowest BCUT2D eigenvalue weighted by Gasteiger charge is -2.18. The van der Waals surface area contributed by atoms with Crippen LogP contribution in [0.3, 0.4) is 0 Å². The SMILES string of the molecule is CCN(CC)CCn1ccc2cc(NC(=O)Cn3cnc4ccc(Br)cc4c3=O)ccc21. The Morgan fingerprint density at radius 1 is 1.09 bits per heavy atom. The van der Waals surface area contributed by atoms with Gasteiger partial charge in [0.15, 0.2) is 0 Å². The molecule has 0 aliphatic carbocycles. The van der Waals surface area contributed by atoms with Gasteiger partial charge in [0.2, 0.25) is 5.91 Å². The van der Waals surface area contributed by atoms with Gasteiger partial charge in [-0.05, 0) is 55.6 Å². The summed E-state index contributed by atoms with van der Waals surface area (Å²) in [6.07, 6.45) is 3.50. The highest BCUT2D eigenvalue weighted by Gasteiger charge is 2.10. The minimum atomic E-state index is -0.274. The second-order valence-corrected chi connectivity index (χ2v) is 8.61. The van der Waals surface area contributed by atoms with E-state index in [1.807, 2.05) is 24.3 Å². The van der Waals surface area contributed by atoms with Crippen molar-refractivity contribution in [1.29, 1.82) is 0 Å². The maximum atomic E-state index is 12.7. The molecule has 0 aliphatic rings. The molecule has 0 radical (unpaired) electrons. The molecule has 0 bridgehead atoms. The molecule has 1 amide bonds. The van der Waals surface area contributed by atoms with E-state index in [-0.39, 0.29) is 18.0 Å². The van der Waals surface area contributed by atoms with Crippen LogP contribution < -0.4 is 10.9 Å². The third-order valence-electron chi connectivity index (χ3n) is 5.71. The predicted octanol–water partition coefficient (Wildman–Crippen LogP) is 4.09. The monoisotopic (exact) mass is 495 g/mol. The minimum Gasteiger partial charge on any atom is -0.346 e. The lowest BCUT2D eigenvalue weighted by atomic mass is 10.2. The van der Waals surface area contributed by atoms with Gasteiger partial charge in [-0.25, -0.2) is 4.98 Å². The molecule has 1 N–H and O–H groups in total. The molecule has 166 valence electrons. The molecular weight excluding hydrogens is 470 g/mol. The molecule has 2 aromatic carbocycles. The highest BCUT2D eigenvalue weighted by Crippen LogP contribution is 2.21. The molecule has 0 saturated carbocycles. The topological polar surface area (TPSA) is 72.2 Å². The number of benzene rings is 2. The number of nitrogens with one attached hydrogen (secondary N) is 1. The molecule has 2 aromatic heterocycles. The molecular formula is C24H26BrN5O2. The Kier molecular flexibility index (Phi) is 6.72. The van der Waals surface area contributed by atoms with E-state index in [4.69, 9.17) is 0 Å². The van der Waals surface area contributed by atoms with Crippen LogP contribution in [0.5, 0.6) is 0 Å². The van der Waals surface area contributed by atoms with Gasteiger partial charge in [0.25, 0.3) is 5.56 Å². The maximum absolute atomic E-state index is 12.7. The summed E-state index contributed by atoms with van der Waals surface area (Å²) in [5, 5.41) is 4.43. The number of likely N-dealkylation sites (N-methyl/N-ethyl adjacent to an activating group) is 1. The molecule has 4 rings (SSSR count). The Morgan fingerprint density at radius 3 is 2.69 bits per heavy atom. The molecule has 4 aromatic rings. The van der Waals surface area contributed by atoms with Gasteiger partial charge in [-0.15, -0.1) is 0 Å². The second kappa shape index (κ2) is 9.67. The number of carbonyl (C=O) groups excluding carboxylic acids is 1. The third-order valence-corrected chi connectivity index (χ3v) is 6.20. The van der Waals surface area contributed by atoms with Crippen molar-refractivity contribution in [2.75, 3.05) is 25.0 Å². The number of amides is 1. The fraction of sp³-hybridized carbons (Fsp3) is 0.292. The number of hydrogen-bond acceptors (Lipinski definition) is 4. The van der Waals surface area contributed by atoms with Gasteiger partial charge in [-0.3, -0.25) is 14.2 Å². The van der Waals surface area contributed by atoms with Crippen LogP contribution in [0.4, 0.5) is 5.69 Å². The van der Waals surface area contributed by atoms with Crippen molar-refractivity contribution in [3.63, 3.8) is 0 Å². The van der Waals surface area contributed by atoms with Crippen molar-refractivity contribution in [3.05, 3.63) is 69.8 Å². The number of anilines is 1. The summed E-state index contributed by atoms with van der Waals surface area (Å²) in [5.41, 5.74) is 2.20. The minimum absolute atomic E-state index is 0.1000. The summed E-state index contributed by atoms with van der Waals surface area (Å²) >= 11 is 3.37. The molecule has 8 heteroatoms. The molecule has 2 heterocycles. The lowest BCUT2D eigenvalue weighted by molar-refractivity contribution is -0.116. The number of fused-ring (bicyclic) bond motifs is 2. The van der Waals surface area contributed by atoms with Crippen LogP contribution in [0.25, 0.3) is 21.8 Å². The zero-order chi connectivity index (χ0) is 22.7. The Balaban J connectivity index is 1.46. The normalized spacial score (nSPS) is 11.5. The Labute approximate surface area is 194 Å². The van der Waals surface area contributed by atoms with Crippen molar-refractivity contribution < 1.29 is 4.79 Å². The smallest absolute Gasteiger partial charge is 0.261 e. The Hall–Kier alpha value is -2.97. The van der Waals surface area contributed by atoms with Crippen LogP contribution in [-0.2, 0) is 17.9 Å². The summed E-state index contributed by atoms with van der Waals surface area (Å²) in [4.78, 5) is 32.0. The Morgan fingerprint density at radius 2 is 1.91 bits per heavy atom.